The van der Waals surface area contributed by atoms with Crippen LogP contribution in [-0.4, -0.2) is 77.5 Å². The maximum absolute atomic E-state index is 12.6. The predicted molar refractivity (Wildman–Crippen MR) is 85.0 cm³/mol. The Hall–Kier alpha value is -1.80. The molecule has 1 saturated carbocycles. The first-order chi connectivity index (χ1) is 12.1. The van der Waals surface area contributed by atoms with Gasteiger partial charge < -0.3 is 10.2 Å². The van der Waals surface area contributed by atoms with Crippen molar-refractivity contribution >= 4 is 28.2 Å². The summed E-state index contributed by atoms with van der Waals surface area (Å²) in [5, 5.41) is 4.12. The van der Waals surface area contributed by atoms with E-state index in [9.17, 15) is 22.8 Å². The van der Waals surface area contributed by atoms with Crippen LogP contribution in [0.1, 0.15) is 25.7 Å². The van der Waals surface area contributed by atoms with E-state index in [0.29, 0.717) is 22.9 Å². The molecule has 146 valence electrons. The van der Waals surface area contributed by atoms with Crippen LogP contribution in [0.25, 0.3) is 0 Å². The molecule has 4 amide bonds. The van der Waals surface area contributed by atoms with Crippen molar-refractivity contribution in [3.63, 3.8) is 0 Å². The van der Waals surface area contributed by atoms with E-state index >= 15 is 0 Å². The molecule has 1 aliphatic carbocycles. The normalized spacial score (nSPS) is 31.0. The highest BCUT2D eigenvalue weighted by Crippen LogP contribution is 2.32. The van der Waals surface area contributed by atoms with Gasteiger partial charge in [-0.05, 0) is 32.7 Å². The zero-order valence-corrected chi connectivity index (χ0v) is 14.9. The highest BCUT2D eigenvalue weighted by molar-refractivity contribution is 7.80. The highest BCUT2D eigenvalue weighted by atomic mass is 32.3. The fraction of sp³-hybridized carbons (Fsp3) is 0.769. The molecule has 3 fully saturated rings. The molecule has 2 aliphatic heterocycles. The van der Waals surface area contributed by atoms with Crippen molar-refractivity contribution < 1.29 is 31.6 Å². The number of hydrogen-bond acceptors (Lipinski definition) is 8. The molecule has 3 aliphatic rings. The zero-order chi connectivity index (χ0) is 19.2. The Morgan fingerprint density at radius 3 is 2.54 bits per heavy atom. The number of nitrogens with two attached hydrogens (primary N) is 1. The molecule has 13 heteroatoms. The van der Waals surface area contributed by atoms with Gasteiger partial charge in [-0.15, -0.1) is 4.28 Å². The second-order valence-corrected chi connectivity index (χ2v) is 7.71. The van der Waals surface area contributed by atoms with Gasteiger partial charge in [0.1, 0.15) is 6.04 Å². The standard InChI is InChI=1S/C13H21N5O7S/c1-15-8-4-7(5-8)11(19)17(14)12(20)10-3-2-9-6-16(10)13(21)18(9)25-26(22,23)24/h7-10,15H,2-6,14H2,1H3,(H,22,23,24)/t7?,8?,9-,10+/m1/s1. The molecule has 12 nitrogen and oxygen atoms in total. The maximum Gasteiger partial charge on any atom is 0.418 e. The van der Waals surface area contributed by atoms with Crippen molar-refractivity contribution in [2.24, 2.45) is 11.8 Å². The Balaban J connectivity index is 1.66. The quantitative estimate of drug-likeness (QED) is 0.162. The molecule has 0 spiro atoms. The third-order valence-electron chi connectivity index (χ3n) is 5.15. The van der Waals surface area contributed by atoms with Gasteiger partial charge in [0, 0.05) is 18.5 Å². The summed E-state index contributed by atoms with van der Waals surface area (Å²) < 4.78 is 34.8. The summed E-state index contributed by atoms with van der Waals surface area (Å²) in [7, 11) is -3.08. The number of hydrazine groups is 1. The van der Waals surface area contributed by atoms with E-state index in [1.807, 2.05) is 0 Å². The van der Waals surface area contributed by atoms with Gasteiger partial charge in [0.2, 0.25) is 5.91 Å². The molecular weight excluding hydrogens is 370 g/mol. The van der Waals surface area contributed by atoms with E-state index < -0.39 is 40.3 Å². The molecule has 3 rings (SSSR count). The van der Waals surface area contributed by atoms with Crippen molar-refractivity contribution in [3.05, 3.63) is 0 Å². The molecule has 2 atom stereocenters. The van der Waals surface area contributed by atoms with Crippen LogP contribution < -0.4 is 11.2 Å². The van der Waals surface area contributed by atoms with Crippen LogP contribution >= 0.6 is 0 Å². The van der Waals surface area contributed by atoms with Crippen molar-refractivity contribution in [2.75, 3.05) is 13.6 Å². The second kappa shape index (κ2) is 6.74. The average Bonchev–Trinajstić information content (AvgIpc) is 2.76. The summed E-state index contributed by atoms with van der Waals surface area (Å²) in [6, 6.07) is -2.25. The number of nitrogens with zero attached hydrogens (tertiary/aromatic N) is 3. The summed E-state index contributed by atoms with van der Waals surface area (Å²) in [4.78, 5) is 38.3. The number of hydroxylamine groups is 2. The van der Waals surface area contributed by atoms with Crippen LogP contribution in [0.2, 0.25) is 0 Å². The lowest BCUT2D eigenvalue weighted by molar-refractivity contribution is -0.153. The third-order valence-corrected chi connectivity index (χ3v) is 5.50. The summed E-state index contributed by atoms with van der Waals surface area (Å²) >= 11 is 0. The minimum absolute atomic E-state index is 0.0397. The van der Waals surface area contributed by atoms with Crippen molar-refractivity contribution in [3.8, 4) is 0 Å². The Morgan fingerprint density at radius 2 is 1.96 bits per heavy atom. The molecule has 2 saturated heterocycles. The van der Waals surface area contributed by atoms with Crippen LogP contribution in [0.15, 0.2) is 0 Å². The first-order valence-electron chi connectivity index (χ1n) is 8.19. The van der Waals surface area contributed by atoms with Gasteiger partial charge in [-0.25, -0.2) is 15.6 Å². The summed E-state index contributed by atoms with van der Waals surface area (Å²) in [6.07, 6.45) is 1.64. The van der Waals surface area contributed by atoms with Gasteiger partial charge in [-0.2, -0.15) is 13.5 Å². The Kier molecular flexibility index (Phi) is 4.92. The molecule has 4 N–H and O–H groups in total. The number of amides is 4. The highest BCUT2D eigenvalue weighted by Gasteiger charge is 2.51. The molecule has 0 aromatic carbocycles. The fourth-order valence-corrected chi connectivity index (χ4v) is 4.00. The summed E-state index contributed by atoms with van der Waals surface area (Å²) in [5.74, 6) is 4.14. The number of piperidine rings is 1. The van der Waals surface area contributed by atoms with Crippen LogP contribution in [0, 0.1) is 5.92 Å². The predicted octanol–water partition coefficient (Wildman–Crippen LogP) is -1.78. The number of nitrogens with one attached hydrogen (secondary N) is 1. The number of rotatable bonds is 5. The average molecular weight is 391 g/mol. The number of carbonyl (C=O) groups is 3. The van der Waals surface area contributed by atoms with Crippen LogP contribution in [0.4, 0.5) is 4.79 Å². The first kappa shape index (κ1) is 19.0. The number of imide groups is 1. The summed E-state index contributed by atoms with van der Waals surface area (Å²) in [6.45, 7) is 0.0397. The van der Waals surface area contributed by atoms with Crippen molar-refractivity contribution in [2.45, 2.75) is 43.8 Å². The third kappa shape index (κ3) is 3.40. The summed E-state index contributed by atoms with van der Waals surface area (Å²) in [5.41, 5.74) is 0. The van der Waals surface area contributed by atoms with E-state index in [0.717, 1.165) is 4.90 Å². The van der Waals surface area contributed by atoms with Crippen LogP contribution in [-0.2, 0) is 24.3 Å². The topological polar surface area (TPSA) is 163 Å². The lowest BCUT2D eigenvalue weighted by Crippen LogP contribution is -2.58. The van der Waals surface area contributed by atoms with E-state index in [1.165, 1.54) is 0 Å². The number of carbonyl (C=O) groups excluding carboxylic acids is 3. The molecule has 0 aromatic rings. The Bertz CT molecular complexity index is 722. The number of hydrogen-bond donors (Lipinski definition) is 3. The van der Waals surface area contributed by atoms with Gasteiger partial charge in [-0.1, -0.05) is 0 Å². The van der Waals surface area contributed by atoms with Crippen LogP contribution in [0.3, 0.4) is 0 Å². The monoisotopic (exact) mass is 391 g/mol. The number of fused-ring (bicyclic) bond motifs is 2. The van der Waals surface area contributed by atoms with E-state index in [1.54, 1.807) is 7.05 Å². The molecule has 26 heavy (non-hydrogen) atoms. The van der Waals surface area contributed by atoms with Crippen molar-refractivity contribution in [1.29, 1.82) is 0 Å². The largest absolute Gasteiger partial charge is 0.418 e. The molecular formula is C13H21N5O7S. The maximum atomic E-state index is 12.6. The van der Waals surface area contributed by atoms with Gasteiger partial charge in [0.15, 0.2) is 0 Å². The number of urea groups is 1. The fourth-order valence-electron chi connectivity index (χ4n) is 3.61. The molecule has 0 radical (unpaired) electrons. The van der Waals surface area contributed by atoms with Gasteiger partial charge in [-0.3, -0.25) is 14.1 Å². The second-order valence-electron chi connectivity index (χ2n) is 6.71. The van der Waals surface area contributed by atoms with Crippen molar-refractivity contribution in [1.82, 2.24) is 20.3 Å². The van der Waals surface area contributed by atoms with Gasteiger partial charge in [0.05, 0.1) is 6.04 Å². The molecule has 0 unspecified atom stereocenters. The minimum atomic E-state index is -4.86. The Morgan fingerprint density at radius 1 is 1.31 bits per heavy atom. The van der Waals surface area contributed by atoms with Gasteiger partial charge >= 0.3 is 16.4 Å². The minimum Gasteiger partial charge on any atom is -0.317 e. The lowest BCUT2D eigenvalue weighted by Gasteiger charge is -2.37. The SMILES string of the molecule is CNC1CC(C(=O)N(N)C(=O)[C@@H]2CC[C@@H]3CN2C(=O)N3OS(=O)(=O)O)C1. The lowest BCUT2D eigenvalue weighted by atomic mass is 9.79. The van der Waals surface area contributed by atoms with E-state index in [4.69, 9.17) is 10.4 Å². The van der Waals surface area contributed by atoms with E-state index in [-0.39, 0.29) is 31.3 Å². The van der Waals surface area contributed by atoms with E-state index in [2.05, 4.69) is 9.60 Å². The van der Waals surface area contributed by atoms with Gasteiger partial charge in [0.25, 0.3) is 5.91 Å². The Labute approximate surface area is 150 Å². The van der Waals surface area contributed by atoms with Crippen LogP contribution in [0.5, 0.6) is 0 Å². The molecule has 2 bridgehead atoms. The molecule has 2 heterocycles. The molecule has 0 aromatic heterocycles. The first-order valence-corrected chi connectivity index (χ1v) is 9.55. The zero-order valence-electron chi connectivity index (χ0n) is 14.1. The smallest absolute Gasteiger partial charge is 0.317 e.